The molecule has 0 bridgehead atoms. The molecular weight excluding hydrogens is 268 g/mol. The molecule has 2 fully saturated rings. The summed E-state index contributed by atoms with van der Waals surface area (Å²) in [6.07, 6.45) is 1.26. The molecule has 1 N–H and O–H groups in total. The molecule has 0 unspecified atom stereocenters. The highest BCUT2D eigenvalue weighted by Crippen LogP contribution is 2.36. The van der Waals surface area contributed by atoms with Gasteiger partial charge in [0.25, 0.3) is 0 Å². The summed E-state index contributed by atoms with van der Waals surface area (Å²) in [5, 5.41) is 7.07. The minimum Gasteiger partial charge on any atom is -0.361 e. The predicted octanol–water partition coefficient (Wildman–Crippen LogP) is 1.47. The zero-order valence-electron chi connectivity index (χ0n) is 12.8. The van der Waals surface area contributed by atoms with Crippen molar-refractivity contribution in [3.63, 3.8) is 0 Å². The molecule has 1 saturated heterocycles. The summed E-state index contributed by atoms with van der Waals surface area (Å²) in [5.41, 5.74) is 0.966. The number of carbonyl (C=O) groups is 1. The van der Waals surface area contributed by atoms with Crippen LogP contribution in [0.15, 0.2) is 10.6 Å². The van der Waals surface area contributed by atoms with Gasteiger partial charge in [0.1, 0.15) is 5.76 Å². The van der Waals surface area contributed by atoms with Gasteiger partial charge in [0, 0.05) is 45.3 Å². The van der Waals surface area contributed by atoms with E-state index in [2.05, 4.69) is 22.3 Å². The quantitative estimate of drug-likeness (QED) is 0.913. The second-order valence-electron chi connectivity index (χ2n) is 6.35. The summed E-state index contributed by atoms with van der Waals surface area (Å²) in [5.74, 6) is 2.33. The van der Waals surface area contributed by atoms with Gasteiger partial charge in [0.15, 0.2) is 0 Å². The topological polar surface area (TPSA) is 61.6 Å². The molecule has 1 aliphatic carbocycles. The number of piperazine rings is 1. The van der Waals surface area contributed by atoms with Crippen molar-refractivity contribution < 1.29 is 9.32 Å². The lowest BCUT2D eigenvalue weighted by molar-refractivity contribution is 0.133. The predicted molar refractivity (Wildman–Crippen MR) is 78.8 cm³/mol. The van der Waals surface area contributed by atoms with E-state index in [0.29, 0.717) is 5.92 Å². The molecule has 3 rings (SSSR count). The van der Waals surface area contributed by atoms with E-state index in [-0.39, 0.29) is 6.03 Å². The van der Waals surface area contributed by atoms with Crippen LogP contribution in [-0.4, -0.2) is 53.7 Å². The van der Waals surface area contributed by atoms with E-state index in [1.165, 1.54) is 6.42 Å². The van der Waals surface area contributed by atoms with Crippen LogP contribution in [0.2, 0.25) is 0 Å². The van der Waals surface area contributed by atoms with Gasteiger partial charge >= 0.3 is 6.03 Å². The van der Waals surface area contributed by atoms with E-state index < -0.39 is 0 Å². The van der Waals surface area contributed by atoms with Crippen molar-refractivity contribution >= 4 is 6.03 Å². The van der Waals surface area contributed by atoms with E-state index in [9.17, 15) is 4.79 Å². The maximum absolute atomic E-state index is 12.1. The van der Waals surface area contributed by atoms with Crippen LogP contribution in [0.5, 0.6) is 0 Å². The molecule has 2 heterocycles. The van der Waals surface area contributed by atoms with E-state index in [1.54, 1.807) is 0 Å². The van der Waals surface area contributed by atoms with E-state index in [0.717, 1.165) is 56.6 Å². The fourth-order valence-corrected chi connectivity index (χ4v) is 2.84. The summed E-state index contributed by atoms with van der Waals surface area (Å²) in [4.78, 5) is 16.3. The number of nitrogens with zero attached hydrogens (tertiary/aromatic N) is 3. The molecule has 116 valence electrons. The van der Waals surface area contributed by atoms with Gasteiger partial charge in [-0.1, -0.05) is 12.1 Å². The molecule has 2 amide bonds. The van der Waals surface area contributed by atoms with Crippen LogP contribution < -0.4 is 5.32 Å². The van der Waals surface area contributed by atoms with Crippen LogP contribution in [0.3, 0.4) is 0 Å². The standard InChI is InChI=1S/C15H24N4O2/c1-11-7-13(11)9-16-15(20)19-5-3-18(4-6-19)10-14-8-12(2)21-17-14/h8,11,13H,3-7,9-10H2,1-2H3,(H,16,20)/t11-,13+/m1/s1. The number of carbonyl (C=O) groups excluding carboxylic acids is 1. The maximum Gasteiger partial charge on any atom is 0.317 e. The van der Waals surface area contributed by atoms with E-state index in [1.807, 2.05) is 17.9 Å². The summed E-state index contributed by atoms with van der Waals surface area (Å²) in [6.45, 7) is 9.11. The van der Waals surface area contributed by atoms with E-state index in [4.69, 9.17) is 4.52 Å². The molecule has 0 aromatic carbocycles. The molecule has 2 atom stereocenters. The van der Waals surface area contributed by atoms with Crippen LogP contribution in [0.1, 0.15) is 24.8 Å². The fourth-order valence-electron chi connectivity index (χ4n) is 2.84. The lowest BCUT2D eigenvalue weighted by atomic mass is 10.3. The first-order valence-electron chi connectivity index (χ1n) is 7.79. The third-order valence-corrected chi connectivity index (χ3v) is 4.51. The van der Waals surface area contributed by atoms with Gasteiger partial charge in [-0.3, -0.25) is 4.90 Å². The zero-order valence-corrected chi connectivity index (χ0v) is 12.8. The summed E-state index contributed by atoms with van der Waals surface area (Å²) in [6, 6.07) is 2.06. The van der Waals surface area contributed by atoms with Crippen molar-refractivity contribution in [1.29, 1.82) is 0 Å². The van der Waals surface area contributed by atoms with Gasteiger partial charge in [-0.2, -0.15) is 0 Å². The van der Waals surface area contributed by atoms with Crippen LogP contribution >= 0.6 is 0 Å². The van der Waals surface area contributed by atoms with Gasteiger partial charge < -0.3 is 14.7 Å². The number of nitrogens with one attached hydrogen (secondary N) is 1. The SMILES string of the molecule is Cc1cc(CN2CCN(C(=O)NC[C@@H]3C[C@H]3C)CC2)no1. The first kappa shape index (κ1) is 14.4. The monoisotopic (exact) mass is 292 g/mol. The third-order valence-electron chi connectivity index (χ3n) is 4.51. The molecule has 6 nitrogen and oxygen atoms in total. The number of rotatable bonds is 4. The van der Waals surface area contributed by atoms with Gasteiger partial charge in [-0.25, -0.2) is 4.79 Å². The zero-order chi connectivity index (χ0) is 14.8. The number of hydrogen-bond donors (Lipinski definition) is 1. The summed E-state index contributed by atoms with van der Waals surface area (Å²) < 4.78 is 5.08. The Hall–Kier alpha value is -1.56. The molecule has 21 heavy (non-hydrogen) atoms. The first-order valence-corrected chi connectivity index (χ1v) is 7.79. The van der Waals surface area contributed by atoms with Crippen molar-refractivity contribution in [2.45, 2.75) is 26.8 Å². The Morgan fingerprint density at radius 2 is 2.14 bits per heavy atom. The van der Waals surface area contributed by atoms with Crippen LogP contribution in [-0.2, 0) is 6.54 Å². The normalized spacial score (nSPS) is 25.9. The minimum atomic E-state index is 0.0889. The number of aryl methyl sites for hydroxylation is 1. The van der Waals surface area contributed by atoms with Gasteiger partial charge in [0.05, 0.1) is 5.69 Å². The molecule has 0 radical (unpaired) electrons. The molecular formula is C15H24N4O2. The first-order chi connectivity index (χ1) is 10.1. The molecule has 1 aromatic heterocycles. The smallest absolute Gasteiger partial charge is 0.317 e. The fraction of sp³-hybridized carbons (Fsp3) is 0.733. The van der Waals surface area contributed by atoms with Crippen molar-refractivity contribution in [2.24, 2.45) is 11.8 Å². The highest BCUT2D eigenvalue weighted by atomic mass is 16.5. The highest BCUT2D eigenvalue weighted by Gasteiger charge is 2.33. The van der Waals surface area contributed by atoms with Crippen molar-refractivity contribution in [3.05, 3.63) is 17.5 Å². The molecule has 2 aliphatic rings. The van der Waals surface area contributed by atoms with Crippen molar-refractivity contribution in [1.82, 2.24) is 20.3 Å². The lowest BCUT2D eigenvalue weighted by Gasteiger charge is -2.34. The van der Waals surface area contributed by atoms with Crippen LogP contribution in [0, 0.1) is 18.8 Å². The van der Waals surface area contributed by atoms with E-state index >= 15 is 0 Å². The Morgan fingerprint density at radius 1 is 1.43 bits per heavy atom. The maximum atomic E-state index is 12.1. The Bertz CT molecular complexity index is 494. The molecule has 6 heteroatoms. The summed E-state index contributed by atoms with van der Waals surface area (Å²) in [7, 11) is 0. The second kappa shape index (κ2) is 6.05. The molecule has 1 saturated carbocycles. The second-order valence-corrected chi connectivity index (χ2v) is 6.35. The number of amides is 2. The average Bonchev–Trinajstić information content (AvgIpc) is 3.03. The third kappa shape index (κ3) is 3.75. The Labute approximate surface area is 125 Å². The minimum absolute atomic E-state index is 0.0889. The number of urea groups is 1. The largest absolute Gasteiger partial charge is 0.361 e. The molecule has 0 spiro atoms. The van der Waals surface area contributed by atoms with Crippen molar-refractivity contribution in [3.8, 4) is 0 Å². The number of aromatic nitrogens is 1. The van der Waals surface area contributed by atoms with Crippen LogP contribution in [0.25, 0.3) is 0 Å². The van der Waals surface area contributed by atoms with Gasteiger partial charge in [-0.15, -0.1) is 0 Å². The molecule has 1 aliphatic heterocycles. The van der Waals surface area contributed by atoms with Crippen molar-refractivity contribution in [2.75, 3.05) is 32.7 Å². The lowest BCUT2D eigenvalue weighted by Crippen LogP contribution is -2.51. The Morgan fingerprint density at radius 3 is 2.71 bits per heavy atom. The average molecular weight is 292 g/mol. The highest BCUT2D eigenvalue weighted by molar-refractivity contribution is 5.74. The van der Waals surface area contributed by atoms with Crippen LogP contribution in [0.4, 0.5) is 4.79 Å². The summed E-state index contributed by atoms with van der Waals surface area (Å²) >= 11 is 0. The van der Waals surface area contributed by atoms with Gasteiger partial charge in [-0.05, 0) is 25.2 Å². The Kier molecular flexibility index (Phi) is 4.14. The number of hydrogen-bond acceptors (Lipinski definition) is 4. The van der Waals surface area contributed by atoms with Gasteiger partial charge in [0.2, 0.25) is 0 Å². The molecule has 1 aromatic rings. The Balaban J connectivity index is 1.39.